The van der Waals surface area contributed by atoms with Crippen molar-refractivity contribution in [2.24, 2.45) is 5.10 Å². The monoisotopic (exact) mass is 293 g/mol. The van der Waals surface area contributed by atoms with Gasteiger partial charge in [0.1, 0.15) is 5.01 Å². The Hall–Kier alpha value is -1.72. The van der Waals surface area contributed by atoms with Crippen molar-refractivity contribution in [3.05, 3.63) is 50.9 Å². The van der Waals surface area contributed by atoms with Crippen LogP contribution in [0.2, 0.25) is 5.02 Å². The minimum atomic E-state index is -0.197. The van der Waals surface area contributed by atoms with Crippen LogP contribution in [0.15, 0.2) is 34.7 Å². The summed E-state index contributed by atoms with van der Waals surface area (Å²) in [5.41, 5.74) is 4.14. The van der Waals surface area contributed by atoms with Crippen LogP contribution in [0.5, 0.6) is 0 Å². The predicted molar refractivity (Wildman–Crippen MR) is 77.7 cm³/mol. The summed E-state index contributed by atoms with van der Waals surface area (Å²) in [5.74, 6) is -0.197. The van der Waals surface area contributed by atoms with Gasteiger partial charge in [0.05, 0.1) is 12.6 Å². The van der Waals surface area contributed by atoms with Gasteiger partial charge in [0, 0.05) is 21.7 Å². The molecule has 98 valence electrons. The van der Waals surface area contributed by atoms with Gasteiger partial charge in [-0.2, -0.15) is 5.10 Å². The number of hydrazone groups is 1. The van der Waals surface area contributed by atoms with Crippen LogP contribution in [-0.4, -0.2) is 17.1 Å². The normalized spacial score (nSPS) is 10.8. The van der Waals surface area contributed by atoms with Crippen molar-refractivity contribution in [2.45, 2.75) is 13.3 Å². The zero-order valence-electron chi connectivity index (χ0n) is 10.3. The van der Waals surface area contributed by atoms with Gasteiger partial charge in [-0.3, -0.25) is 4.79 Å². The largest absolute Gasteiger partial charge is 0.273 e. The summed E-state index contributed by atoms with van der Waals surface area (Å²) in [4.78, 5) is 15.8. The van der Waals surface area contributed by atoms with Crippen molar-refractivity contribution in [2.75, 3.05) is 0 Å². The number of hydrogen-bond donors (Lipinski definition) is 1. The van der Waals surface area contributed by atoms with Gasteiger partial charge < -0.3 is 0 Å². The third kappa shape index (κ3) is 4.15. The van der Waals surface area contributed by atoms with Gasteiger partial charge >= 0.3 is 0 Å². The van der Waals surface area contributed by atoms with Gasteiger partial charge in [0.15, 0.2) is 0 Å². The van der Waals surface area contributed by atoms with Gasteiger partial charge in [-0.15, -0.1) is 11.3 Å². The smallest absolute Gasteiger partial charge is 0.246 e. The van der Waals surface area contributed by atoms with E-state index >= 15 is 0 Å². The Morgan fingerprint density at radius 1 is 1.53 bits per heavy atom. The number of carbonyl (C=O) groups is 1. The summed E-state index contributed by atoms with van der Waals surface area (Å²) < 4.78 is 0. The maximum Gasteiger partial charge on any atom is 0.246 e. The topological polar surface area (TPSA) is 54.4 Å². The van der Waals surface area contributed by atoms with Gasteiger partial charge in [-0.25, -0.2) is 10.4 Å². The van der Waals surface area contributed by atoms with E-state index in [1.54, 1.807) is 6.07 Å². The molecule has 1 aromatic heterocycles. The van der Waals surface area contributed by atoms with E-state index in [1.807, 2.05) is 30.5 Å². The summed E-state index contributed by atoms with van der Waals surface area (Å²) in [7, 11) is 0. The van der Waals surface area contributed by atoms with E-state index in [2.05, 4.69) is 15.5 Å². The first-order valence-corrected chi connectivity index (χ1v) is 6.88. The Morgan fingerprint density at radius 2 is 2.32 bits per heavy atom. The maximum atomic E-state index is 11.6. The lowest BCUT2D eigenvalue weighted by Gasteiger charge is -1.98. The zero-order chi connectivity index (χ0) is 13.7. The van der Waals surface area contributed by atoms with E-state index in [9.17, 15) is 4.79 Å². The number of halogens is 1. The van der Waals surface area contributed by atoms with Crippen LogP contribution in [0.1, 0.15) is 16.3 Å². The molecule has 0 aliphatic carbocycles. The molecular weight excluding hydrogens is 282 g/mol. The first-order chi connectivity index (χ1) is 9.15. The fraction of sp³-hybridized carbons (Fsp3) is 0.154. The Labute approximate surface area is 120 Å². The number of rotatable bonds is 4. The van der Waals surface area contributed by atoms with Gasteiger partial charge in [0.2, 0.25) is 5.91 Å². The number of benzene rings is 1. The molecule has 0 atom stereocenters. The highest BCUT2D eigenvalue weighted by atomic mass is 35.5. The van der Waals surface area contributed by atoms with Crippen LogP contribution >= 0.6 is 22.9 Å². The standard InChI is InChI=1S/C13H12ClN3OS/c1-9-8-19-13(16-9)6-12(18)17-15-7-10-4-2-3-5-11(10)14/h2-5,7-8H,6H2,1H3,(H,17,18)/b15-7-. The molecule has 2 rings (SSSR count). The number of nitrogens with zero attached hydrogens (tertiary/aromatic N) is 2. The van der Waals surface area contributed by atoms with E-state index in [4.69, 9.17) is 11.6 Å². The highest BCUT2D eigenvalue weighted by Crippen LogP contribution is 2.12. The average Bonchev–Trinajstić information content (AvgIpc) is 2.77. The summed E-state index contributed by atoms with van der Waals surface area (Å²) >= 11 is 7.43. The molecule has 1 amide bonds. The van der Waals surface area contributed by atoms with Crippen LogP contribution in [-0.2, 0) is 11.2 Å². The summed E-state index contributed by atoms with van der Waals surface area (Å²) in [5, 5.41) is 7.16. The molecule has 1 heterocycles. The molecule has 0 fully saturated rings. The summed E-state index contributed by atoms with van der Waals surface area (Å²) in [6, 6.07) is 7.28. The van der Waals surface area contributed by atoms with Crippen molar-refractivity contribution in [3.63, 3.8) is 0 Å². The van der Waals surface area contributed by atoms with Crippen molar-refractivity contribution in [3.8, 4) is 0 Å². The molecule has 1 aromatic carbocycles. The van der Waals surface area contributed by atoms with E-state index in [-0.39, 0.29) is 12.3 Å². The molecule has 0 saturated heterocycles. The maximum absolute atomic E-state index is 11.6. The summed E-state index contributed by atoms with van der Waals surface area (Å²) in [6.45, 7) is 1.90. The average molecular weight is 294 g/mol. The molecule has 6 heteroatoms. The van der Waals surface area contributed by atoms with Gasteiger partial charge in [-0.1, -0.05) is 29.8 Å². The Morgan fingerprint density at radius 3 is 3.00 bits per heavy atom. The van der Waals surface area contributed by atoms with Crippen LogP contribution in [0.3, 0.4) is 0 Å². The lowest BCUT2D eigenvalue weighted by Crippen LogP contribution is -2.19. The second-order valence-electron chi connectivity index (χ2n) is 3.87. The van der Waals surface area contributed by atoms with E-state index < -0.39 is 0 Å². The minimum Gasteiger partial charge on any atom is -0.273 e. The molecule has 0 bridgehead atoms. The fourth-order valence-electron chi connectivity index (χ4n) is 1.41. The number of carbonyl (C=O) groups excluding carboxylic acids is 1. The van der Waals surface area contributed by atoms with Crippen molar-refractivity contribution in [1.29, 1.82) is 0 Å². The van der Waals surface area contributed by atoms with Crippen LogP contribution < -0.4 is 5.43 Å². The van der Waals surface area contributed by atoms with E-state index in [0.29, 0.717) is 5.02 Å². The molecule has 2 aromatic rings. The number of aromatic nitrogens is 1. The molecule has 0 saturated carbocycles. The van der Waals surface area contributed by atoms with Crippen LogP contribution in [0.4, 0.5) is 0 Å². The SMILES string of the molecule is Cc1csc(CC(=O)N/N=C\c2ccccc2Cl)n1. The Bertz CT molecular complexity index is 609. The van der Waals surface area contributed by atoms with Gasteiger partial charge in [-0.05, 0) is 13.0 Å². The Balaban J connectivity index is 1.88. The molecule has 4 nitrogen and oxygen atoms in total. The number of nitrogens with one attached hydrogen (secondary N) is 1. The molecule has 0 radical (unpaired) electrons. The molecule has 1 N–H and O–H groups in total. The second-order valence-corrected chi connectivity index (χ2v) is 5.22. The molecule has 0 spiro atoms. The number of aryl methyl sites for hydroxylation is 1. The number of amides is 1. The molecule has 0 aliphatic rings. The zero-order valence-corrected chi connectivity index (χ0v) is 11.8. The number of thiazole rings is 1. The van der Waals surface area contributed by atoms with Crippen molar-refractivity contribution < 1.29 is 4.79 Å². The van der Waals surface area contributed by atoms with Gasteiger partial charge in [0.25, 0.3) is 0 Å². The highest BCUT2D eigenvalue weighted by molar-refractivity contribution is 7.09. The highest BCUT2D eigenvalue weighted by Gasteiger charge is 2.05. The van der Waals surface area contributed by atoms with E-state index in [0.717, 1.165) is 16.3 Å². The third-order valence-corrected chi connectivity index (χ3v) is 3.59. The Kier molecular flexibility index (Phi) is 4.65. The minimum absolute atomic E-state index is 0.197. The quantitative estimate of drug-likeness (QED) is 0.696. The van der Waals surface area contributed by atoms with Crippen LogP contribution in [0, 0.1) is 6.92 Å². The molecular formula is C13H12ClN3OS. The van der Waals surface area contributed by atoms with Crippen LogP contribution in [0.25, 0.3) is 0 Å². The van der Waals surface area contributed by atoms with E-state index in [1.165, 1.54) is 17.6 Å². The lowest BCUT2D eigenvalue weighted by molar-refractivity contribution is -0.120. The first-order valence-electron chi connectivity index (χ1n) is 5.62. The summed E-state index contributed by atoms with van der Waals surface area (Å²) in [6.07, 6.45) is 1.76. The third-order valence-electron chi connectivity index (χ3n) is 2.28. The molecule has 0 unspecified atom stereocenters. The van der Waals surface area contributed by atoms with Crippen molar-refractivity contribution in [1.82, 2.24) is 10.4 Å². The van der Waals surface area contributed by atoms with Crippen molar-refractivity contribution >= 4 is 35.1 Å². The molecule has 19 heavy (non-hydrogen) atoms. The number of hydrogen-bond acceptors (Lipinski definition) is 4. The molecule has 0 aliphatic heterocycles. The predicted octanol–water partition coefficient (Wildman–Crippen LogP) is 2.80. The second kappa shape index (κ2) is 6.45. The first kappa shape index (κ1) is 13.7. The lowest BCUT2D eigenvalue weighted by atomic mass is 10.2. The fourth-order valence-corrected chi connectivity index (χ4v) is 2.37.